The van der Waals surface area contributed by atoms with Gasteiger partial charge in [-0.25, -0.2) is 0 Å². The third kappa shape index (κ3) is 3.57. The Kier molecular flexibility index (Phi) is 4.99. The molecule has 0 saturated carbocycles. The highest BCUT2D eigenvalue weighted by molar-refractivity contribution is 5.95. The van der Waals surface area contributed by atoms with Crippen LogP contribution in [0.3, 0.4) is 0 Å². The quantitative estimate of drug-likeness (QED) is 0.843. The number of ether oxygens (including phenoxy) is 2. The summed E-state index contributed by atoms with van der Waals surface area (Å²) in [6, 6.07) is 6.33. The molecule has 3 rings (SSSR count). The summed E-state index contributed by atoms with van der Waals surface area (Å²) in [7, 11) is 1.72. The van der Waals surface area contributed by atoms with E-state index in [9.17, 15) is 4.79 Å². The van der Waals surface area contributed by atoms with E-state index in [0.29, 0.717) is 13.2 Å². The van der Waals surface area contributed by atoms with Gasteiger partial charge < -0.3 is 14.4 Å². The molecule has 2 heterocycles. The number of fused-ring (bicyclic) bond motifs is 1. The Morgan fingerprint density at radius 3 is 2.70 bits per heavy atom. The lowest BCUT2D eigenvalue weighted by Gasteiger charge is -2.36. The average molecular weight is 318 g/mol. The fourth-order valence-corrected chi connectivity index (χ4v) is 3.69. The van der Waals surface area contributed by atoms with Crippen molar-refractivity contribution in [1.82, 2.24) is 9.80 Å². The molecule has 2 aliphatic rings. The minimum atomic E-state index is 0.112. The molecule has 23 heavy (non-hydrogen) atoms. The van der Waals surface area contributed by atoms with Crippen molar-refractivity contribution in [1.29, 1.82) is 0 Å². The van der Waals surface area contributed by atoms with Gasteiger partial charge in [-0.05, 0) is 26.0 Å². The summed E-state index contributed by atoms with van der Waals surface area (Å²) >= 11 is 0. The first kappa shape index (κ1) is 16.4. The van der Waals surface area contributed by atoms with Gasteiger partial charge in [-0.3, -0.25) is 9.69 Å². The number of carbonyl (C=O) groups excluding carboxylic acids is 1. The van der Waals surface area contributed by atoms with E-state index < -0.39 is 0 Å². The van der Waals surface area contributed by atoms with Crippen molar-refractivity contribution in [2.24, 2.45) is 0 Å². The van der Waals surface area contributed by atoms with Gasteiger partial charge in [0.2, 0.25) is 0 Å². The molecular weight excluding hydrogens is 292 g/mol. The van der Waals surface area contributed by atoms with Gasteiger partial charge in [-0.15, -0.1) is 0 Å². The standard InChI is InChI=1S/C18H26N2O3/c1-13-8-14(2)10-15(9-13)18(21)20-11-16-17(12-20)23-7-5-19(16)4-6-22-3/h8-10,16-17H,4-7,11-12H2,1-3H3/t16-,17+/m1/s1. The van der Waals surface area contributed by atoms with Gasteiger partial charge in [-0.1, -0.05) is 17.2 Å². The second kappa shape index (κ2) is 6.99. The number of morpholine rings is 1. The number of hydrogen-bond donors (Lipinski definition) is 0. The van der Waals surface area contributed by atoms with Crippen molar-refractivity contribution in [3.05, 3.63) is 34.9 Å². The zero-order chi connectivity index (χ0) is 16.4. The second-order valence-electron chi connectivity index (χ2n) is 6.59. The number of nitrogens with zero attached hydrogens (tertiary/aromatic N) is 2. The van der Waals surface area contributed by atoms with Crippen LogP contribution in [-0.4, -0.2) is 74.4 Å². The third-order valence-corrected chi connectivity index (χ3v) is 4.75. The van der Waals surface area contributed by atoms with Crippen LogP contribution in [0.2, 0.25) is 0 Å². The molecule has 0 aliphatic carbocycles. The van der Waals surface area contributed by atoms with Crippen LogP contribution in [0.4, 0.5) is 0 Å². The van der Waals surface area contributed by atoms with Crippen LogP contribution in [0, 0.1) is 13.8 Å². The normalized spacial score (nSPS) is 24.7. The van der Waals surface area contributed by atoms with E-state index >= 15 is 0 Å². The smallest absolute Gasteiger partial charge is 0.254 e. The van der Waals surface area contributed by atoms with Crippen molar-refractivity contribution in [2.45, 2.75) is 26.0 Å². The SMILES string of the molecule is COCCN1CCO[C@H]2CN(C(=O)c3cc(C)cc(C)c3)C[C@H]21. The Balaban J connectivity index is 1.71. The van der Waals surface area contributed by atoms with Gasteiger partial charge in [0, 0.05) is 38.9 Å². The summed E-state index contributed by atoms with van der Waals surface area (Å²) in [6.45, 7) is 8.74. The molecule has 0 bridgehead atoms. The number of hydrogen-bond acceptors (Lipinski definition) is 4. The molecule has 5 heteroatoms. The Hall–Kier alpha value is -1.43. The van der Waals surface area contributed by atoms with E-state index in [1.807, 2.05) is 30.9 Å². The lowest BCUT2D eigenvalue weighted by Crippen LogP contribution is -2.51. The summed E-state index contributed by atoms with van der Waals surface area (Å²) in [4.78, 5) is 17.2. The summed E-state index contributed by atoms with van der Waals surface area (Å²) in [6.07, 6.45) is 0.121. The first-order chi connectivity index (χ1) is 11.1. The van der Waals surface area contributed by atoms with Gasteiger partial charge >= 0.3 is 0 Å². The van der Waals surface area contributed by atoms with Crippen molar-refractivity contribution < 1.29 is 14.3 Å². The molecule has 2 fully saturated rings. The molecule has 0 unspecified atom stereocenters. The summed E-state index contributed by atoms with van der Waals surface area (Å²) in [5.74, 6) is 0.112. The van der Waals surface area contributed by atoms with Gasteiger partial charge in [0.15, 0.2) is 0 Å². The molecule has 2 atom stereocenters. The zero-order valence-corrected chi connectivity index (χ0v) is 14.2. The van der Waals surface area contributed by atoms with Crippen LogP contribution in [0.15, 0.2) is 18.2 Å². The molecule has 1 aromatic carbocycles. The number of benzene rings is 1. The van der Waals surface area contributed by atoms with Crippen LogP contribution in [-0.2, 0) is 9.47 Å². The lowest BCUT2D eigenvalue weighted by atomic mass is 10.1. The van der Waals surface area contributed by atoms with Crippen molar-refractivity contribution >= 4 is 5.91 Å². The van der Waals surface area contributed by atoms with E-state index in [4.69, 9.17) is 9.47 Å². The van der Waals surface area contributed by atoms with Crippen LogP contribution < -0.4 is 0 Å². The fraction of sp³-hybridized carbons (Fsp3) is 0.611. The van der Waals surface area contributed by atoms with Crippen molar-refractivity contribution in [3.8, 4) is 0 Å². The number of amides is 1. The minimum Gasteiger partial charge on any atom is -0.383 e. The maximum Gasteiger partial charge on any atom is 0.254 e. The first-order valence-electron chi connectivity index (χ1n) is 8.30. The molecule has 0 N–H and O–H groups in total. The Labute approximate surface area is 138 Å². The predicted molar refractivity (Wildman–Crippen MR) is 88.8 cm³/mol. The van der Waals surface area contributed by atoms with E-state index in [1.165, 1.54) is 0 Å². The maximum atomic E-state index is 12.8. The van der Waals surface area contributed by atoms with Crippen LogP contribution >= 0.6 is 0 Å². The molecule has 2 aliphatic heterocycles. The molecular formula is C18H26N2O3. The number of rotatable bonds is 4. The van der Waals surface area contributed by atoms with E-state index in [-0.39, 0.29) is 18.1 Å². The van der Waals surface area contributed by atoms with Crippen molar-refractivity contribution in [2.75, 3.05) is 46.5 Å². The Bertz CT molecular complexity index is 555. The number of carbonyl (C=O) groups is 1. The number of aryl methyl sites for hydroxylation is 2. The third-order valence-electron chi connectivity index (χ3n) is 4.75. The van der Waals surface area contributed by atoms with E-state index in [2.05, 4.69) is 11.0 Å². The largest absolute Gasteiger partial charge is 0.383 e. The van der Waals surface area contributed by atoms with E-state index in [1.54, 1.807) is 7.11 Å². The van der Waals surface area contributed by atoms with Gasteiger partial charge in [0.05, 0.1) is 25.4 Å². The first-order valence-corrected chi connectivity index (χ1v) is 8.30. The van der Waals surface area contributed by atoms with Crippen LogP contribution in [0.25, 0.3) is 0 Å². The molecule has 0 aromatic heterocycles. The molecule has 1 amide bonds. The summed E-state index contributed by atoms with van der Waals surface area (Å²) in [5.41, 5.74) is 3.04. The lowest BCUT2D eigenvalue weighted by molar-refractivity contribution is -0.0526. The fourth-order valence-electron chi connectivity index (χ4n) is 3.69. The van der Waals surface area contributed by atoms with Crippen LogP contribution in [0.1, 0.15) is 21.5 Å². The molecule has 0 radical (unpaired) electrons. The highest BCUT2D eigenvalue weighted by atomic mass is 16.5. The zero-order valence-electron chi connectivity index (χ0n) is 14.2. The summed E-state index contributed by atoms with van der Waals surface area (Å²) in [5, 5.41) is 0. The molecule has 5 nitrogen and oxygen atoms in total. The summed E-state index contributed by atoms with van der Waals surface area (Å²) < 4.78 is 11.1. The highest BCUT2D eigenvalue weighted by Crippen LogP contribution is 2.24. The molecule has 0 spiro atoms. The van der Waals surface area contributed by atoms with Crippen molar-refractivity contribution in [3.63, 3.8) is 0 Å². The minimum absolute atomic E-state index is 0.112. The van der Waals surface area contributed by atoms with Gasteiger partial charge in [0.1, 0.15) is 0 Å². The Morgan fingerprint density at radius 1 is 1.26 bits per heavy atom. The topological polar surface area (TPSA) is 42.0 Å². The predicted octanol–water partition coefficient (Wildman–Crippen LogP) is 1.48. The van der Waals surface area contributed by atoms with E-state index in [0.717, 1.165) is 42.9 Å². The van der Waals surface area contributed by atoms with Gasteiger partial charge in [0.25, 0.3) is 5.91 Å². The second-order valence-corrected chi connectivity index (χ2v) is 6.59. The van der Waals surface area contributed by atoms with Crippen LogP contribution in [0.5, 0.6) is 0 Å². The number of likely N-dealkylation sites (tertiary alicyclic amines) is 1. The van der Waals surface area contributed by atoms with Gasteiger partial charge in [-0.2, -0.15) is 0 Å². The molecule has 126 valence electrons. The monoisotopic (exact) mass is 318 g/mol. The maximum absolute atomic E-state index is 12.8. The molecule has 2 saturated heterocycles. The average Bonchev–Trinajstić information content (AvgIpc) is 2.95. The number of methoxy groups -OCH3 is 1. The molecule has 1 aromatic rings. The highest BCUT2D eigenvalue weighted by Gasteiger charge is 2.41. The Morgan fingerprint density at radius 2 is 2.00 bits per heavy atom.